The highest BCUT2D eigenvalue weighted by atomic mass is 16.5. The Hall–Kier alpha value is -3.71. The summed E-state index contributed by atoms with van der Waals surface area (Å²) in [6.45, 7) is 2.18. The third-order valence-electron chi connectivity index (χ3n) is 6.39. The molecule has 0 radical (unpaired) electrons. The highest BCUT2D eigenvalue weighted by Crippen LogP contribution is 2.27. The Balaban J connectivity index is 1.25. The summed E-state index contributed by atoms with van der Waals surface area (Å²) in [6.07, 6.45) is 3.38. The number of carbonyl (C=O) groups is 1. The molecule has 1 fully saturated rings. The molecular weight excluding hydrogens is 428 g/mol. The van der Waals surface area contributed by atoms with Gasteiger partial charge in [-0.15, -0.1) is 5.10 Å². The molecule has 2 heterocycles. The minimum Gasteiger partial charge on any atom is -0.497 e. The highest BCUT2D eigenvalue weighted by molar-refractivity contribution is 5.95. The first-order chi connectivity index (χ1) is 16.7. The van der Waals surface area contributed by atoms with Gasteiger partial charge in [-0.3, -0.25) is 4.68 Å². The van der Waals surface area contributed by atoms with Gasteiger partial charge in [0.15, 0.2) is 0 Å². The molecule has 0 amide bonds. The van der Waals surface area contributed by atoms with E-state index in [1.165, 1.54) is 5.56 Å². The maximum atomic E-state index is 12.9. The fraction of sp³-hybridized carbons (Fsp3) is 0.296. The number of carbonyl (C=O) groups excluding carboxylic acids is 1. The number of fused-ring (bicyclic) bond motifs is 1. The quantitative estimate of drug-likeness (QED) is 0.424. The molecule has 1 aliphatic heterocycles. The smallest absolute Gasteiger partial charge is 0.338 e. The minimum atomic E-state index is -0.309. The predicted molar refractivity (Wildman–Crippen MR) is 130 cm³/mol. The number of esters is 1. The molecular formula is C27H28N4O3. The van der Waals surface area contributed by atoms with E-state index < -0.39 is 0 Å². The van der Waals surface area contributed by atoms with Gasteiger partial charge >= 0.3 is 5.97 Å². The van der Waals surface area contributed by atoms with Crippen LogP contribution in [0, 0.1) is 0 Å². The monoisotopic (exact) mass is 456 g/mol. The number of nitrogens with zero attached hydrogens (tertiary/aromatic N) is 3. The Kier molecular flexibility index (Phi) is 6.53. The van der Waals surface area contributed by atoms with Crippen molar-refractivity contribution in [1.29, 1.82) is 0 Å². The lowest BCUT2D eigenvalue weighted by Gasteiger charge is -2.30. The fourth-order valence-corrected chi connectivity index (χ4v) is 4.44. The second-order valence-corrected chi connectivity index (χ2v) is 8.61. The number of benzene rings is 3. The van der Waals surface area contributed by atoms with Crippen LogP contribution in [0.2, 0.25) is 0 Å². The van der Waals surface area contributed by atoms with E-state index in [-0.39, 0.29) is 18.0 Å². The molecule has 0 spiro atoms. The number of ether oxygens (including phenoxy) is 2. The van der Waals surface area contributed by atoms with Crippen molar-refractivity contribution in [2.45, 2.75) is 31.4 Å². The number of nitrogens with one attached hydrogen (secondary N) is 1. The van der Waals surface area contributed by atoms with Gasteiger partial charge in [0.25, 0.3) is 0 Å². The Labute approximate surface area is 198 Å². The Morgan fingerprint density at radius 3 is 2.74 bits per heavy atom. The molecule has 174 valence electrons. The van der Waals surface area contributed by atoms with Crippen LogP contribution in [-0.4, -0.2) is 47.3 Å². The molecule has 4 aromatic rings. The topological polar surface area (TPSA) is 78.3 Å². The number of methoxy groups -OCH3 is 1. The molecule has 7 nitrogen and oxygen atoms in total. The zero-order valence-corrected chi connectivity index (χ0v) is 19.2. The van der Waals surface area contributed by atoms with Crippen LogP contribution in [0.25, 0.3) is 10.8 Å². The Morgan fingerprint density at radius 2 is 1.91 bits per heavy atom. The van der Waals surface area contributed by atoms with Crippen molar-refractivity contribution in [3.8, 4) is 5.75 Å². The summed E-state index contributed by atoms with van der Waals surface area (Å²) in [7, 11) is 1.67. The zero-order chi connectivity index (χ0) is 23.3. The van der Waals surface area contributed by atoms with Crippen molar-refractivity contribution in [3.05, 3.63) is 89.7 Å². The van der Waals surface area contributed by atoms with Gasteiger partial charge in [0.1, 0.15) is 11.9 Å². The summed E-state index contributed by atoms with van der Waals surface area (Å²) in [5.74, 6) is 0.554. The van der Waals surface area contributed by atoms with E-state index in [4.69, 9.17) is 9.47 Å². The first kappa shape index (κ1) is 22.1. The van der Waals surface area contributed by atoms with Gasteiger partial charge in [-0.2, -0.15) is 0 Å². The molecule has 1 saturated heterocycles. The summed E-state index contributed by atoms with van der Waals surface area (Å²) in [6, 6.07) is 21.7. The average molecular weight is 457 g/mol. The molecule has 1 N–H and O–H groups in total. The van der Waals surface area contributed by atoms with Gasteiger partial charge in [-0.25, -0.2) is 4.79 Å². The fourth-order valence-electron chi connectivity index (χ4n) is 4.44. The van der Waals surface area contributed by atoms with Crippen LogP contribution in [0.3, 0.4) is 0 Å². The van der Waals surface area contributed by atoms with Gasteiger partial charge in [0, 0.05) is 25.2 Å². The standard InChI is InChI=1S/C27H28N4O3/c1-33-23-10-6-19(7-11-23)13-15-31-18-25(29-30-31)24-12-14-28-17-26(24)34-27(32)22-9-8-20-4-2-3-5-21(20)16-22/h2-11,16,18,24,26,28H,12-15,17H2,1H3/t24-,26+/m0/s1. The molecule has 0 bridgehead atoms. The lowest BCUT2D eigenvalue weighted by Crippen LogP contribution is -2.42. The molecule has 34 heavy (non-hydrogen) atoms. The summed E-state index contributed by atoms with van der Waals surface area (Å²) >= 11 is 0. The first-order valence-corrected chi connectivity index (χ1v) is 11.6. The van der Waals surface area contributed by atoms with E-state index in [9.17, 15) is 4.79 Å². The van der Waals surface area contributed by atoms with Gasteiger partial charge in [0.05, 0.1) is 18.4 Å². The van der Waals surface area contributed by atoms with Gasteiger partial charge in [-0.05, 0) is 60.0 Å². The van der Waals surface area contributed by atoms with Crippen LogP contribution in [0.1, 0.15) is 34.0 Å². The van der Waals surface area contributed by atoms with E-state index in [0.29, 0.717) is 12.1 Å². The van der Waals surface area contributed by atoms with Crippen molar-refractivity contribution in [2.75, 3.05) is 20.2 Å². The molecule has 1 aromatic heterocycles. The van der Waals surface area contributed by atoms with E-state index in [2.05, 4.69) is 27.8 Å². The van der Waals surface area contributed by atoms with E-state index >= 15 is 0 Å². The number of rotatable bonds is 7. The first-order valence-electron chi connectivity index (χ1n) is 11.6. The molecule has 3 aromatic carbocycles. The van der Waals surface area contributed by atoms with Gasteiger partial charge < -0.3 is 14.8 Å². The van der Waals surface area contributed by atoms with Crippen molar-refractivity contribution in [1.82, 2.24) is 20.3 Å². The van der Waals surface area contributed by atoms with E-state index in [1.54, 1.807) is 7.11 Å². The van der Waals surface area contributed by atoms with Crippen LogP contribution in [0.4, 0.5) is 0 Å². The maximum Gasteiger partial charge on any atom is 0.338 e. The maximum absolute atomic E-state index is 12.9. The van der Waals surface area contributed by atoms with Crippen LogP contribution in [-0.2, 0) is 17.7 Å². The normalized spacial score (nSPS) is 18.0. The molecule has 0 aliphatic carbocycles. The highest BCUT2D eigenvalue weighted by Gasteiger charge is 2.32. The lowest BCUT2D eigenvalue weighted by atomic mass is 9.92. The second-order valence-electron chi connectivity index (χ2n) is 8.61. The largest absolute Gasteiger partial charge is 0.497 e. The second kappa shape index (κ2) is 10.1. The summed E-state index contributed by atoms with van der Waals surface area (Å²) in [4.78, 5) is 12.9. The van der Waals surface area contributed by atoms with Crippen LogP contribution < -0.4 is 10.1 Å². The van der Waals surface area contributed by atoms with Crippen molar-refractivity contribution in [3.63, 3.8) is 0 Å². The van der Waals surface area contributed by atoms with E-state index in [0.717, 1.165) is 48.1 Å². The number of aromatic nitrogens is 3. The van der Waals surface area contributed by atoms with Crippen molar-refractivity contribution >= 4 is 16.7 Å². The summed E-state index contributed by atoms with van der Waals surface area (Å²) in [5, 5.41) is 14.2. The molecule has 0 unspecified atom stereocenters. The molecule has 1 aliphatic rings. The van der Waals surface area contributed by atoms with E-state index in [1.807, 2.05) is 65.5 Å². The Morgan fingerprint density at radius 1 is 1.09 bits per heavy atom. The average Bonchev–Trinajstić information content (AvgIpc) is 3.36. The third kappa shape index (κ3) is 4.94. The van der Waals surface area contributed by atoms with Crippen molar-refractivity contribution < 1.29 is 14.3 Å². The molecule has 5 rings (SSSR count). The van der Waals surface area contributed by atoms with Crippen LogP contribution in [0.5, 0.6) is 5.75 Å². The third-order valence-corrected chi connectivity index (χ3v) is 6.39. The number of aryl methyl sites for hydroxylation is 2. The number of hydrogen-bond acceptors (Lipinski definition) is 6. The predicted octanol–water partition coefficient (Wildman–Crippen LogP) is 3.99. The molecule has 0 saturated carbocycles. The molecule has 2 atom stereocenters. The summed E-state index contributed by atoms with van der Waals surface area (Å²) < 4.78 is 13.0. The van der Waals surface area contributed by atoms with Crippen LogP contribution in [0.15, 0.2) is 72.9 Å². The SMILES string of the molecule is COc1ccc(CCn2cc([C@@H]3CCNC[C@H]3OC(=O)c3ccc4ccccc4c3)nn2)cc1. The number of hydrogen-bond donors (Lipinski definition) is 1. The Bertz CT molecular complexity index is 1270. The minimum absolute atomic E-state index is 0.0143. The van der Waals surface area contributed by atoms with Crippen molar-refractivity contribution in [2.24, 2.45) is 0 Å². The lowest BCUT2D eigenvalue weighted by molar-refractivity contribution is 0.0178. The summed E-state index contributed by atoms with van der Waals surface area (Å²) in [5.41, 5.74) is 2.64. The van der Waals surface area contributed by atoms with Crippen LogP contribution >= 0.6 is 0 Å². The molecule has 7 heteroatoms. The van der Waals surface area contributed by atoms with Gasteiger partial charge in [0.2, 0.25) is 0 Å². The zero-order valence-electron chi connectivity index (χ0n) is 19.2. The van der Waals surface area contributed by atoms with Gasteiger partial charge in [-0.1, -0.05) is 47.7 Å². The number of piperidine rings is 1.